The number of benzene rings is 1. The van der Waals surface area contributed by atoms with Gasteiger partial charge in [0.25, 0.3) is 0 Å². The van der Waals surface area contributed by atoms with Crippen LogP contribution in [0, 0.1) is 0 Å². The Hall–Kier alpha value is -1.25. The number of hydrogen-bond donors (Lipinski definition) is 3. The summed E-state index contributed by atoms with van der Waals surface area (Å²) in [6.07, 6.45) is 2.54. The lowest BCUT2D eigenvalue weighted by Gasteiger charge is -2.15. The maximum Gasteiger partial charge on any atom is 0.216 e. The molecule has 8 heteroatoms. The van der Waals surface area contributed by atoms with E-state index in [1.165, 1.54) is 18.6 Å². The van der Waals surface area contributed by atoms with Gasteiger partial charge in [-0.15, -0.1) is 0 Å². The Labute approximate surface area is 168 Å². The first-order chi connectivity index (χ1) is 12.9. The minimum absolute atomic E-state index is 0.0282. The summed E-state index contributed by atoms with van der Waals surface area (Å²) < 4.78 is 27.2. The topological polar surface area (TPSA) is 82.6 Å². The smallest absolute Gasteiger partial charge is 0.216 e. The zero-order chi connectivity index (χ0) is 19.7. The molecule has 1 aromatic carbocycles. The highest BCUT2D eigenvalue weighted by molar-refractivity contribution is 8.00. The third kappa shape index (κ3) is 8.11. The molecule has 1 aliphatic rings. The van der Waals surface area contributed by atoms with Gasteiger partial charge in [-0.3, -0.25) is 0 Å². The quantitative estimate of drug-likeness (QED) is 0.429. The molecule has 1 fully saturated rings. The standard InChI is InChI=1S/C19H32N4O2S2/c1-4-20-19(22-13-18-10-7-11-26-18)21-12-16-8-5-6-9-17(16)14-27(24,25)23-15(2)3/h5-6,8-9,15,18,23H,4,7,10-14H2,1-3H3,(H2,20,21,22). The van der Waals surface area contributed by atoms with Gasteiger partial charge < -0.3 is 10.6 Å². The van der Waals surface area contributed by atoms with Crippen molar-refractivity contribution in [1.29, 1.82) is 0 Å². The molecule has 27 heavy (non-hydrogen) atoms. The zero-order valence-electron chi connectivity index (χ0n) is 16.5. The highest BCUT2D eigenvalue weighted by Gasteiger charge is 2.17. The zero-order valence-corrected chi connectivity index (χ0v) is 18.1. The number of guanidine groups is 1. The van der Waals surface area contributed by atoms with Crippen LogP contribution >= 0.6 is 11.8 Å². The minimum atomic E-state index is -3.36. The van der Waals surface area contributed by atoms with Crippen LogP contribution in [0.15, 0.2) is 29.3 Å². The molecule has 1 atom stereocenters. The maximum absolute atomic E-state index is 12.3. The molecule has 2 rings (SSSR count). The molecule has 0 aromatic heterocycles. The van der Waals surface area contributed by atoms with Crippen molar-refractivity contribution in [1.82, 2.24) is 15.4 Å². The summed E-state index contributed by atoms with van der Waals surface area (Å²) in [5, 5.41) is 7.33. The van der Waals surface area contributed by atoms with Gasteiger partial charge in [0.2, 0.25) is 10.0 Å². The fourth-order valence-electron chi connectivity index (χ4n) is 2.98. The van der Waals surface area contributed by atoms with Gasteiger partial charge in [0.05, 0.1) is 12.3 Å². The van der Waals surface area contributed by atoms with Crippen LogP contribution in [0.3, 0.4) is 0 Å². The summed E-state index contributed by atoms with van der Waals surface area (Å²) in [6, 6.07) is 7.49. The van der Waals surface area contributed by atoms with Gasteiger partial charge in [-0.25, -0.2) is 18.1 Å². The van der Waals surface area contributed by atoms with E-state index in [0.29, 0.717) is 11.8 Å². The van der Waals surface area contributed by atoms with Crippen molar-refractivity contribution in [3.63, 3.8) is 0 Å². The van der Waals surface area contributed by atoms with E-state index in [9.17, 15) is 8.42 Å². The molecule has 0 bridgehead atoms. The number of thioether (sulfide) groups is 1. The Kier molecular flexibility index (Phi) is 8.92. The molecule has 6 nitrogen and oxygen atoms in total. The molecule has 1 saturated heterocycles. The summed E-state index contributed by atoms with van der Waals surface area (Å²) in [4.78, 5) is 4.67. The number of rotatable bonds is 9. The van der Waals surface area contributed by atoms with Crippen molar-refractivity contribution < 1.29 is 8.42 Å². The van der Waals surface area contributed by atoms with E-state index in [1.54, 1.807) is 0 Å². The van der Waals surface area contributed by atoms with Crippen molar-refractivity contribution in [2.75, 3.05) is 18.8 Å². The average Bonchev–Trinajstić information content (AvgIpc) is 3.10. The Balaban J connectivity index is 2.04. The third-order valence-corrected chi connectivity index (χ3v) is 7.07. The van der Waals surface area contributed by atoms with E-state index >= 15 is 0 Å². The molecule has 152 valence electrons. The number of nitrogens with zero attached hydrogens (tertiary/aromatic N) is 1. The van der Waals surface area contributed by atoms with E-state index < -0.39 is 10.0 Å². The summed E-state index contributed by atoms with van der Waals surface area (Å²) in [7, 11) is -3.36. The molecule has 0 radical (unpaired) electrons. The van der Waals surface area contributed by atoms with Crippen LogP contribution in [0.4, 0.5) is 0 Å². The molecule has 0 saturated carbocycles. The summed E-state index contributed by atoms with van der Waals surface area (Å²) in [5.74, 6) is 1.99. The van der Waals surface area contributed by atoms with Gasteiger partial charge in [-0.1, -0.05) is 24.3 Å². The number of hydrogen-bond acceptors (Lipinski definition) is 4. The molecular formula is C19H32N4O2S2. The van der Waals surface area contributed by atoms with Gasteiger partial charge in [-0.2, -0.15) is 11.8 Å². The van der Waals surface area contributed by atoms with Crippen molar-refractivity contribution >= 4 is 27.7 Å². The minimum Gasteiger partial charge on any atom is -0.357 e. The van der Waals surface area contributed by atoms with Crippen molar-refractivity contribution in [2.45, 2.75) is 57.2 Å². The van der Waals surface area contributed by atoms with Crippen LogP contribution < -0.4 is 15.4 Å². The fraction of sp³-hybridized carbons (Fsp3) is 0.632. The van der Waals surface area contributed by atoms with Gasteiger partial charge in [0.15, 0.2) is 5.96 Å². The molecule has 1 aliphatic heterocycles. The second kappa shape index (κ2) is 10.9. The monoisotopic (exact) mass is 412 g/mol. The molecule has 0 amide bonds. The number of sulfonamides is 1. The summed E-state index contributed by atoms with van der Waals surface area (Å²) in [6.45, 7) is 7.83. The molecule has 1 unspecified atom stereocenters. The first kappa shape index (κ1) is 22.0. The summed E-state index contributed by atoms with van der Waals surface area (Å²) in [5.41, 5.74) is 1.72. The third-order valence-electron chi connectivity index (χ3n) is 4.15. The highest BCUT2D eigenvalue weighted by Crippen LogP contribution is 2.25. The largest absolute Gasteiger partial charge is 0.357 e. The van der Waals surface area contributed by atoms with Crippen molar-refractivity contribution in [2.24, 2.45) is 4.99 Å². The maximum atomic E-state index is 12.3. The Morgan fingerprint density at radius 3 is 2.63 bits per heavy atom. The van der Waals surface area contributed by atoms with Crippen LogP contribution in [0.5, 0.6) is 0 Å². The van der Waals surface area contributed by atoms with E-state index in [-0.39, 0.29) is 11.8 Å². The molecule has 1 heterocycles. The number of nitrogens with one attached hydrogen (secondary N) is 3. The molecular weight excluding hydrogens is 380 g/mol. The van der Waals surface area contributed by atoms with Crippen LogP contribution in [0.2, 0.25) is 0 Å². The second-order valence-electron chi connectivity index (χ2n) is 7.01. The van der Waals surface area contributed by atoms with Crippen molar-refractivity contribution in [3.8, 4) is 0 Å². The van der Waals surface area contributed by atoms with Gasteiger partial charge >= 0.3 is 0 Å². The lowest BCUT2D eigenvalue weighted by atomic mass is 10.1. The van der Waals surface area contributed by atoms with E-state index in [2.05, 4.69) is 20.3 Å². The van der Waals surface area contributed by atoms with Crippen LogP contribution in [-0.4, -0.2) is 44.5 Å². The van der Waals surface area contributed by atoms with E-state index in [0.717, 1.165) is 30.2 Å². The van der Waals surface area contributed by atoms with Crippen LogP contribution in [0.1, 0.15) is 44.7 Å². The highest BCUT2D eigenvalue weighted by atomic mass is 32.2. The Morgan fingerprint density at radius 1 is 1.26 bits per heavy atom. The Bertz CT molecular complexity index is 714. The first-order valence-electron chi connectivity index (χ1n) is 9.60. The van der Waals surface area contributed by atoms with Gasteiger partial charge in [0.1, 0.15) is 0 Å². The second-order valence-corrected chi connectivity index (χ2v) is 10.2. The fourth-order valence-corrected chi connectivity index (χ4v) is 5.67. The van der Waals surface area contributed by atoms with E-state index in [4.69, 9.17) is 0 Å². The predicted octanol–water partition coefficient (Wildman–Crippen LogP) is 2.47. The number of aliphatic imine (C=N–C) groups is 1. The molecule has 1 aromatic rings. The average molecular weight is 413 g/mol. The SMILES string of the molecule is CCNC(=NCc1ccccc1CS(=O)(=O)NC(C)C)NCC1CCCS1. The molecule has 0 aliphatic carbocycles. The van der Waals surface area contributed by atoms with Gasteiger partial charge in [0, 0.05) is 24.4 Å². The van der Waals surface area contributed by atoms with E-state index in [1.807, 2.05) is 56.8 Å². The first-order valence-corrected chi connectivity index (χ1v) is 12.3. The molecule has 0 spiro atoms. The molecule has 3 N–H and O–H groups in total. The van der Waals surface area contributed by atoms with Crippen LogP contribution in [0.25, 0.3) is 0 Å². The lowest BCUT2D eigenvalue weighted by Crippen LogP contribution is -2.40. The van der Waals surface area contributed by atoms with Crippen LogP contribution in [-0.2, 0) is 22.3 Å². The Morgan fingerprint density at radius 2 is 2.00 bits per heavy atom. The summed E-state index contributed by atoms with van der Waals surface area (Å²) >= 11 is 2.01. The van der Waals surface area contributed by atoms with Crippen molar-refractivity contribution in [3.05, 3.63) is 35.4 Å². The van der Waals surface area contributed by atoms with Gasteiger partial charge in [-0.05, 0) is 50.5 Å². The normalized spacial score (nSPS) is 18.1. The lowest BCUT2D eigenvalue weighted by molar-refractivity contribution is 0.569. The predicted molar refractivity (Wildman–Crippen MR) is 116 cm³/mol.